The third-order valence-electron chi connectivity index (χ3n) is 4.29. The molecule has 0 unspecified atom stereocenters. The van der Waals surface area contributed by atoms with Gasteiger partial charge in [0.2, 0.25) is 11.7 Å². The first kappa shape index (κ1) is 18.2. The third-order valence-corrected chi connectivity index (χ3v) is 4.29. The minimum Gasteiger partial charge on any atom is -0.497 e. The summed E-state index contributed by atoms with van der Waals surface area (Å²) in [5.41, 5.74) is 0.403. The van der Waals surface area contributed by atoms with E-state index in [1.165, 1.54) is 0 Å². The summed E-state index contributed by atoms with van der Waals surface area (Å²) in [5.74, 6) is 2.14. The second-order valence-corrected chi connectivity index (χ2v) is 7.43. The predicted molar refractivity (Wildman–Crippen MR) is 96.1 cm³/mol. The van der Waals surface area contributed by atoms with Crippen molar-refractivity contribution < 1.29 is 18.8 Å². The molecule has 7 nitrogen and oxygen atoms in total. The van der Waals surface area contributed by atoms with Crippen LogP contribution in [0.1, 0.15) is 45.4 Å². The van der Waals surface area contributed by atoms with Crippen LogP contribution in [0.25, 0.3) is 11.4 Å². The molecule has 26 heavy (non-hydrogen) atoms. The number of carbonyl (C=O) groups excluding carboxylic acids is 1. The molecule has 140 valence electrons. The molecule has 7 heteroatoms. The van der Waals surface area contributed by atoms with Gasteiger partial charge in [0.05, 0.1) is 7.11 Å². The Hall–Kier alpha value is -2.57. The smallest absolute Gasteiger partial charge is 0.410 e. The van der Waals surface area contributed by atoms with Crippen molar-refractivity contribution in [1.29, 1.82) is 0 Å². The fourth-order valence-corrected chi connectivity index (χ4v) is 2.89. The van der Waals surface area contributed by atoms with Crippen molar-refractivity contribution in [2.24, 2.45) is 0 Å². The number of methoxy groups -OCH3 is 1. The van der Waals surface area contributed by atoms with Gasteiger partial charge in [0.25, 0.3) is 0 Å². The lowest BCUT2D eigenvalue weighted by Gasteiger charge is -2.32. The maximum atomic E-state index is 12.1. The molecule has 2 aromatic rings. The van der Waals surface area contributed by atoms with Gasteiger partial charge in [0.15, 0.2) is 0 Å². The number of ether oxygens (including phenoxy) is 2. The summed E-state index contributed by atoms with van der Waals surface area (Å²) in [6.45, 7) is 6.87. The topological polar surface area (TPSA) is 77.7 Å². The molecule has 1 saturated heterocycles. The Morgan fingerprint density at radius 3 is 2.42 bits per heavy atom. The average Bonchev–Trinajstić information content (AvgIpc) is 3.10. The van der Waals surface area contributed by atoms with Crippen molar-refractivity contribution in [2.45, 2.75) is 45.1 Å². The Kier molecular flexibility index (Phi) is 5.15. The zero-order valence-corrected chi connectivity index (χ0v) is 15.7. The monoisotopic (exact) mass is 359 g/mol. The Morgan fingerprint density at radius 1 is 1.19 bits per heavy atom. The van der Waals surface area contributed by atoms with Gasteiger partial charge in [-0.15, -0.1) is 0 Å². The van der Waals surface area contributed by atoms with E-state index < -0.39 is 5.60 Å². The van der Waals surface area contributed by atoms with Gasteiger partial charge >= 0.3 is 6.09 Å². The van der Waals surface area contributed by atoms with Crippen LogP contribution in [-0.2, 0) is 4.74 Å². The highest BCUT2D eigenvalue weighted by atomic mass is 16.6. The Bertz CT molecular complexity index is 741. The molecule has 0 aliphatic carbocycles. The molecule has 0 atom stereocenters. The van der Waals surface area contributed by atoms with Crippen molar-refractivity contribution in [3.05, 3.63) is 30.2 Å². The maximum absolute atomic E-state index is 12.1. The molecule has 1 aromatic heterocycles. The Morgan fingerprint density at radius 2 is 1.85 bits per heavy atom. The molecule has 3 rings (SSSR count). The van der Waals surface area contributed by atoms with Crippen LogP contribution in [0.2, 0.25) is 0 Å². The highest BCUT2D eigenvalue weighted by molar-refractivity contribution is 5.68. The summed E-state index contributed by atoms with van der Waals surface area (Å²) in [5, 5.41) is 4.09. The van der Waals surface area contributed by atoms with Crippen LogP contribution < -0.4 is 4.74 Å². The molecule has 0 spiro atoms. The predicted octanol–water partition coefficient (Wildman–Crippen LogP) is 3.86. The lowest BCUT2D eigenvalue weighted by Crippen LogP contribution is -2.41. The van der Waals surface area contributed by atoms with Gasteiger partial charge < -0.3 is 18.9 Å². The number of aromatic nitrogens is 2. The molecule has 0 N–H and O–H groups in total. The summed E-state index contributed by atoms with van der Waals surface area (Å²) >= 11 is 0. The van der Waals surface area contributed by atoms with Crippen LogP contribution in [0.4, 0.5) is 4.79 Å². The van der Waals surface area contributed by atoms with Crippen LogP contribution in [0.3, 0.4) is 0 Å². The number of hydrogen-bond donors (Lipinski definition) is 0. The molecule has 0 bridgehead atoms. The number of amides is 1. The largest absolute Gasteiger partial charge is 0.497 e. The number of piperidine rings is 1. The summed E-state index contributed by atoms with van der Waals surface area (Å²) in [4.78, 5) is 18.4. The van der Waals surface area contributed by atoms with E-state index in [1.807, 2.05) is 45.0 Å². The van der Waals surface area contributed by atoms with E-state index in [4.69, 9.17) is 14.0 Å². The molecule has 1 amide bonds. The molecule has 2 heterocycles. The van der Waals surface area contributed by atoms with Crippen molar-refractivity contribution in [1.82, 2.24) is 15.0 Å². The second-order valence-electron chi connectivity index (χ2n) is 7.43. The van der Waals surface area contributed by atoms with E-state index in [0.29, 0.717) is 24.8 Å². The van der Waals surface area contributed by atoms with E-state index in [9.17, 15) is 4.79 Å². The van der Waals surface area contributed by atoms with Crippen molar-refractivity contribution in [3.8, 4) is 17.1 Å². The van der Waals surface area contributed by atoms with Crippen LogP contribution in [-0.4, -0.2) is 46.9 Å². The lowest BCUT2D eigenvalue weighted by atomic mass is 9.97. The Labute approximate surface area is 153 Å². The van der Waals surface area contributed by atoms with Gasteiger partial charge in [0, 0.05) is 24.6 Å². The van der Waals surface area contributed by atoms with Crippen molar-refractivity contribution >= 4 is 6.09 Å². The van der Waals surface area contributed by atoms with Crippen molar-refractivity contribution in [3.63, 3.8) is 0 Å². The molecular formula is C19H25N3O4. The van der Waals surface area contributed by atoms with Crippen molar-refractivity contribution in [2.75, 3.05) is 20.2 Å². The number of likely N-dealkylation sites (tertiary alicyclic amines) is 1. The molecule has 1 aliphatic rings. The summed E-state index contributed by atoms with van der Waals surface area (Å²) < 4.78 is 16.0. The maximum Gasteiger partial charge on any atom is 0.410 e. The average molecular weight is 359 g/mol. The zero-order valence-electron chi connectivity index (χ0n) is 15.7. The van der Waals surface area contributed by atoms with Gasteiger partial charge in [-0.1, -0.05) is 5.16 Å². The number of rotatable bonds is 3. The zero-order chi connectivity index (χ0) is 18.7. The number of carbonyl (C=O) groups is 1. The highest BCUT2D eigenvalue weighted by Crippen LogP contribution is 2.29. The first-order valence-corrected chi connectivity index (χ1v) is 8.81. The first-order chi connectivity index (χ1) is 12.4. The SMILES string of the molecule is COc1ccc(-c2noc(C3CCN(C(=O)OC(C)(C)C)CC3)n2)cc1. The van der Waals surface area contributed by atoms with E-state index >= 15 is 0 Å². The molecule has 0 saturated carbocycles. The van der Waals surface area contributed by atoms with Crippen LogP contribution in [0.5, 0.6) is 5.75 Å². The molecule has 1 aliphatic heterocycles. The molecule has 1 fully saturated rings. The molecule has 0 radical (unpaired) electrons. The van der Waals surface area contributed by atoms with Crippen LogP contribution >= 0.6 is 0 Å². The second kappa shape index (κ2) is 7.35. The van der Waals surface area contributed by atoms with Crippen LogP contribution in [0, 0.1) is 0 Å². The quantitative estimate of drug-likeness (QED) is 0.828. The van der Waals surface area contributed by atoms with Gasteiger partial charge in [-0.05, 0) is 57.9 Å². The minimum absolute atomic E-state index is 0.160. The first-order valence-electron chi connectivity index (χ1n) is 8.81. The third kappa shape index (κ3) is 4.33. The van der Waals surface area contributed by atoms with E-state index in [-0.39, 0.29) is 12.0 Å². The standard InChI is InChI=1S/C19H25N3O4/c1-19(2,3)25-18(23)22-11-9-14(10-12-22)17-20-16(21-26-17)13-5-7-15(24-4)8-6-13/h5-8,14H,9-12H2,1-4H3. The minimum atomic E-state index is -0.478. The number of nitrogens with zero attached hydrogens (tertiary/aromatic N) is 3. The number of benzene rings is 1. The summed E-state index contributed by atoms with van der Waals surface area (Å²) in [6.07, 6.45) is 1.30. The number of hydrogen-bond acceptors (Lipinski definition) is 6. The fraction of sp³-hybridized carbons (Fsp3) is 0.526. The van der Waals surface area contributed by atoms with Gasteiger partial charge in [-0.25, -0.2) is 4.79 Å². The van der Waals surface area contributed by atoms with E-state index in [1.54, 1.807) is 12.0 Å². The summed E-state index contributed by atoms with van der Waals surface area (Å²) in [7, 11) is 1.63. The van der Waals surface area contributed by atoms with Gasteiger partial charge in [-0.3, -0.25) is 0 Å². The lowest BCUT2D eigenvalue weighted by molar-refractivity contribution is 0.0198. The normalized spacial score (nSPS) is 15.8. The van der Waals surface area contributed by atoms with Gasteiger partial charge in [0.1, 0.15) is 11.4 Å². The fourth-order valence-electron chi connectivity index (χ4n) is 2.89. The molecule has 1 aromatic carbocycles. The van der Waals surface area contributed by atoms with Crippen LogP contribution in [0.15, 0.2) is 28.8 Å². The Balaban J connectivity index is 1.60. The van der Waals surface area contributed by atoms with Gasteiger partial charge in [-0.2, -0.15) is 4.98 Å². The highest BCUT2D eigenvalue weighted by Gasteiger charge is 2.30. The summed E-state index contributed by atoms with van der Waals surface area (Å²) in [6, 6.07) is 7.53. The van der Waals surface area contributed by atoms with E-state index in [0.717, 1.165) is 24.2 Å². The van der Waals surface area contributed by atoms with E-state index in [2.05, 4.69) is 10.1 Å². The molecular weight excluding hydrogens is 334 g/mol.